The smallest absolute Gasteiger partial charge is 0.296 e. The van der Waals surface area contributed by atoms with Crippen molar-refractivity contribution in [1.82, 2.24) is 9.47 Å². The molecule has 7 nitrogen and oxygen atoms in total. The highest BCUT2D eigenvalue weighted by Gasteiger charge is 2.24. The molecule has 0 radical (unpaired) electrons. The van der Waals surface area contributed by atoms with Gasteiger partial charge in [0, 0.05) is 30.2 Å². The monoisotopic (exact) mass is 409 g/mol. The molecule has 30 heavy (non-hydrogen) atoms. The molecule has 8 heteroatoms. The Morgan fingerprint density at radius 2 is 1.70 bits per heavy atom. The van der Waals surface area contributed by atoms with Crippen molar-refractivity contribution in [3.63, 3.8) is 0 Å². The van der Waals surface area contributed by atoms with Crippen molar-refractivity contribution in [2.75, 3.05) is 31.6 Å². The van der Waals surface area contributed by atoms with Gasteiger partial charge in [0.2, 0.25) is 5.91 Å². The molecule has 1 aromatic heterocycles. The topological polar surface area (TPSA) is 80.6 Å². The van der Waals surface area contributed by atoms with Crippen molar-refractivity contribution in [3.05, 3.63) is 66.1 Å². The number of ether oxygens (including phenoxy) is 1. The van der Waals surface area contributed by atoms with Gasteiger partial charge in [0.15, 0.2) is 0 Å². The van der Waals surface area contributed by atoms with Gasteiger partial charge >= 0.3 is 0 Å². The number of carbonyl (C=O) groups is 3. The van der Waals surface area contributed by atoms with Crippen molar-refractivity contribution in [2.45, 2.75) is 6.54 Å². The molecule has 2 heterocycles. The van der Waals surface area contributed by atoms with Gasteiger partial charge in [-0.3, -0.25) is 14.4 Å². The van der Waals surface area contributed by atoms with Crippen molar-refractivity contribution in [2.24, 2.45) is 0 Å². The number of benzene rings is 2. The van der Waals surface area contributed by atoms with E-state index in [4.69, 9.17) is 4.74 Å². The molecule has 154 valence electrons. The number of halogens is 1. The maximum absolute atomic E-state index is 13.8. The molecule has 0 unspecified atom stereocenters. The molecule has 1 fully saturated rings. The van der Waals surface area contributed by atoms with Crippen LogP contribution in [0.15, 0.2) is 54.7 Å². The van der Waals surface area contributed by atoms with E-state index in [2.05, 4.69) is 5.32 Å². The van der Waals surface area contributed by atoms with Crippen LogP contribution in [-0.4, -0.2) is 53.4 Å². The highest BCUT2D eigenvalue weighted by Crippen LogP contribution is 2.23. The molecule has 0 atom stereocenters. The first-order valence-corrected chi connectivity index (χ1v) is 9.58. The van der Waals surface area contributed by atoms with Gasteiger partial charge < -0.3 is 19.5 Å². The fourth-order valence-electron chi connectivity index (χ4n) is 3.48. The van der Waals surface area contributed by atoms with Gasteiger partial charge in [-0.15, -0.1) is 0 Å². The summed E-state index contributed by atoms with van der Waals surface area (Å²) < 4.78 is 20.7. The van der Waals surface area contributed by atoms with Crippen molar-refractivity contribution < 1.29 is 23.5 Å². The van der Waals surface area contributed by atoms with Gasteiger partial charge in [-0.25, -0.2) is 4.39 Å². The van der Waals surface area contributed by atoms with Crippen LogP contribution in [0.25, 0.3) is 10.9 Å². The fraction of sp³-hybridized carbons (Fsp3) is 0.227. The highest BCUT2D eigenvalue weighted by molar-refractivity contribution is 6.48. The maximum Gasteiger partial charge on any atom is 0.296 e. The minimum absolute atomic E-state index is 0.0444. The third-order valence-corrected chi connectivity index (χ3v) is 5.03. The molecule has 0 aliphatic carbocycles. The van der Waals surface area contributed by atoms with Crippen LogP contribution < -0.4 is 5.32 Å². The van der Waals surface area contributed by atoms with E-state index in [1.165, 1.54) is 24.4 Å². The second-order valence-corrected chi connectivity index (χ2v) is 6.94. The first kappa shape index (κ1) is 19.8. The first-order chi connectivity index (χ1) is 14.5. The normalized spacial score (nSPS) is 14.0. The molecule has 0 bridgehead atoms. The minimum Gasteiger partial charge on any atom is -0.378 e. The molecule has 1 saturated heterocycles. The van der Waals surface area contributed by atoms with Crippen molar-refractivity contribution >= 4 is 34.2 Å². The Morgan fingerprint density at radius 1 is 1.00 bits per heavy atom. The number of amides is 2. The van der Waals surface area contributed by atoms with Gasteiger partial charge in [-0.1, -0.05) is 30.3 Å². The molecule has 2 amide bonds. The van der Waals surface area contributed by atoms with E-state index >= 15 is 0 Å². The van der Waals surface area contributed by atoms with E-state index in [1.54, 1.807) is 39.8 Å². The summed E-state index contributed by atoms with van der Waals surface area (Å²) in [6.45, 7) is 2.09. The molecule has 4 rings (SSSR count). The van der Waals surface area contributed by atoms with Crippen LogP contribution in [0, 0.1) is 5.82 Å². The summed E-state index contributed by atoms with van der Waals surface area (Å²) in [5.41, 5.74) is 0.762. The number of nitrogens with one attached hydrogen (secondary N) is 1. The van der Waals surface area contributed by atoms with E-state index < -0.39 is 17.5 Å². The van der Waals surface area contributed by atoms with Gasteiger partial charge in [0.25, 0.3) is 11.7 Å². The second-order valence-electron chi connectivity index (χ2n) is 6.94. The predicted molar refractivity (Wildman–Crippen MR) is 109 cm³/mol. The Labute approximate surface area is 172 Å². The number of para-hydroxylation sites is 2. The summed E-state index contributed by atoms with van der Waals surface area (Å²) in [4.78, 5) is 39.6. The number of ketones is 1. The molecule has 1 aliphatic heterocycles. The Morgan fingerprint density at radius 3 is 2.47 bits per heavy atom. The summed E-state index contributed by atoms with van der Waals surface area (Å²) in [7, 11) is 0. The molecular weight excluding hydrogens is 389 g/mol. The number of hydrogen-bond acceptors (Lipinski definition) is 4. The number of hydrogen-bond donors (Lipinski definition) is 1. The zero-order valence-corrected chi connectivity index (χ0v) is 16.1. The summed E-state index contributed by atoms with van der Waals surface area (Å²) in [6.07, 6.45) is 1.51. The van der Waals surface area contributed by atoms with Crippen LogP contribution in [0.1, 0.15) is 10.4 Å². The lowest BCUT2D eigenvalue weighted by Gasteiger charge is -2.27. The lowest BCUT2D eigenvalue weighted by Crippen LogP contribution is -2.42. The minimum atomic E-state index is -0.942. The van der Waals surface area contributed by atoms with Gasteiger partial charge in [-0.05, 0) is 18.2 Å². The second kappa shape index (κ2) is 8.46. The van der Waals surface area contributed by atoms with Crippen LogP contribution >= 0.6 is 0 Å². The first-order valence-electron chi connectivity index (χ1n) is 9.58. The Balaban J connectivity index is 1.59. The molecule has 3 aromatic rings. The van der Waals surface area contributed by atoms with Crippen LogP contribution in [0.4, 0.5) is 10.1 Å². The summed E-state index contributed by atoms with van der Waals surface area (Å²) in [6, 6.07) is 12.7. The average molecular weight is 409 g/mol. The summed E-state index contributed by atoms with van der Waals surface area (Å²) >= 11 is 0. The number of anilines is 1. The van der Waals surface area contributed by atoms with Crippen molar-refractivity contribution in [1.29, 1.82) is 0 Å². The SMILES string of the molecule is O=C(Nc1ccccc1F)C(=O)c1cn(CC(=O)N2CCOCC2)c2ccccc12. The van der Waals surface area contributed by atoms with E-state index in [0.717, 1.165) is 0 Å². The number of carbonyl (C=O) groups excluding carboxylic acids is 3. The Bertz CT molecular complexity index is 1120. The highest BCUT2D eigenvalue weighted by atomic mass is 19.1. The Hall–Kier alpha value is -3.52. The number of Topliss-reactive ketones (excluding diaryl/α,β-unsaturated/α-hetero) is 1. The van der Waals surface area contributed by atoms with Crippen LogP contribution in [0.3, 0.4) is 0 Å². The van der Waals surface area contributed by atoms with Gasteiger partial charge in [0.1, 0.15) is 12.4 Å². The van der Waals surface area contributed by atoms with E-state index in [-0.39, 0.29) is 23.7 Å². The van der Waals surface area contributed by atoms with Crippen LogP contribution in [-0.2, 0) is 20.9 Å². The van der Waals surface area contributed by atoms with E-state index in [0.29, 0.717) is 37.2 Å². The Kier molecular flexibility index (Phi) is 5.58. The summed E-state index contributed by atoms with van der Waals surface area (Å²) in [5, 5.41) is 2.87. The summed E-state index contributed by atoms with van der Waals surface area (Å²) in [5.74, 6) is -2.46. The fourth-order valence-corrected chi connectivity index (χ4v) is 3.48. The molecular formula is C22H20FN3O4. The van der Waals surface area contributed by atoms with Crippen LogP contribution in [0.2, 0.25) is 0 Å². The molecule has 2 aromatic carbocycles. The van der Waals surface area contributed by atoms with Gasteiger partial charge in [0.05, 0.1) is 24.5 Å². The number of rotatable bonds is 5. The zero-order valence-electron chi connectivity index (χ0n) is 16.1. The number of aromatic nitrogens is 1. The third kappa shape index (κ3) is 3.95. The van der Waals surface area contributed by atoms with Gasteiger partial charge in [-0.2, -0.15) is 0 Å². The molecule has 0 saturated carbocycles. The average Bonchev–Trinajstić information content (AvgIpc) is 3.14. The third-order valence-electron chi connectivity index (χ3n) is 5.03. The maximum atomic E-state index is 13.8. The number of fused-ring (bicyclic) bond motifs is 1. The lowest BCUT2D eigenvalue weighted by atomic mass is 10.1. The largest absolute Gasteiger partial charge is 0.378 e. The number of morpholine rings is 1. The van der Waals surface area contributed by atoms with E-state index in [1.807, 2.05) is 0 Å². The molecule has 0 spiro atoms. The quantitative estimate of drug-likeness (QED) is 0.519. The molecule has 1 aliphatic rings. The standard InChI is InChI=1S/C22H20FN3O4/c23-17-6-2-3-7-18(17)24-22(29)21(28)16-13-26(19-8-4-1-5-15(16)19)14-20(27)25-9-11-30-12-10-25/h1-8,13H,9-12,14H2,(H,24,29). The molecule has 1 N–H and O–H groups in total. The lowest BCUT2D eigenvalue weighted by molar-refractivity contribution is -0.135. The van der Waals surface area contributed by atoms with E-state index in [9.17, 15) is 18.8 Å². The predicted octanol–water partition coefficient (Wildman–Crippen LogP) is 2.46. The van der Waals surface area contributed by atoms with Crippen molar-refractivity contribution in [3.8, 4) is 0 Å². The number of nitrogens with zero attached hydrogens (tertiary/aromatic N) is 2. The van der Waals surface area contributed by atoms with Crippen LogP contribution in [0.5, 0.6) is 0 Å². The zero-order chi connectivity index (χ0) is 21.1.